The van der Waals surface area contributed by atoms with Crippen LogP contribution >= 0.6 is 11.8 Å². The minimum atomic E-state index is -0.208. The highest BCUT2D eigenvalue weighted by molar-refractivity contribution is 8.18. The van der Waals surface area contributed by atoms with Crippen molar-refractivity contribution < 1.29 is 23.8 Å². The van der Waals surface area contributed by atoms with Gasteiger partial charge in [0.15, 0.2) is 23.3 Å². The number of amides is 2. The lowest BCUT2D eigenvalue weighted by Gasteiger charge is -2.26. The maximum absolute atomic E-state index is 12.3. The first kappa shape index (κ1) is 21.9. The van der Waals surface area contributed by atoms with Crippen LogP contribution in [0.15, 0.2) is 58.4 Å². The summed E-state index contributed by atoms with van der Waals surface area (Å²) in [6, 6.07) is 14.7. The van der Waals surface area contributed by atoms with Crippen LogP contribution in [-0.2, 0) is 14.3 Å². The topological polar surface area (TPSA) is 89.5 Å². The number of morpholine rings is 1. The number of amidine groups is 1. The zero-order valence-corrected chi connectivity index (χ0v) is 18.4. The van der Waals surface area contributed by atoms with Crippen LogP contribution in [0.3, 0.4) is 0 Å². The summed E-state index contributed by atoms with van der Waals surface area (Å²) in [5.74, 6) is 0.646. The summed E-state index contributed by atoms with van der Waals surface area (Å²) in [6.45, 7) is 2.15. The molecular weight excluding hydrogens is 430 g/mol. The van der Waals surface area contributed by atoms with Crippen molar-refractivity contribution in [2.75, 3.05) is 40.0 Å². The number of thioether (sulfide) groups is 1. The third-order valence-electron chi connectivity index (χ3n) is 4.84. The van der Waals surface area contributed by atoms with Crippen LogP contribution in [0.4, 0.5) is 5.69 Å². The van der Waals surface area contributed by atoms with Gasteiger partial charge in [-0.15, -0.1) is 0 Å². The lowest BCUT2D eigenvalue weighted by molar-refractivity contribution is -0.137. The zero-order valence-electron chi connectivity index (χ0n) is 17.6. The average Bonchev–Trinajstić information content (AvgIpc) is 3.17. The minimum Gasteiger partial charge on any atom is -0.493 e. The number of carbonyl (C=O) groups is 2. The standard InChI is InChI=1S/C23H23N3O5S/c1-29-19-13-16(7-8-18(19)31-15-21(27)26-9-11-30-12-10-26)14-20-22(28)25-23(32-20)24-17-5-3-2-4-6-17/h2-8,13-14H,9-12,15H2,1H3,(H,24,25,28)/b20-14+. The quantitative estimate of drug-likeness (QED) is 0.677. The smallest absolute Gasteiger partial charge is 0.264 e. The van der Waals surface area contributed by atoms with Crippen molar-refractivity contribution in [3.05, 3.63) is 59.0 Å². The molecule has 0 unspecified atom stereocenters. The summed E-state index contributed by atoms with van der Waals surface area (Å²) in [5, 5.41) is 3.30. The molecule has 2 aliphatic rings. The molecule has 2 saturated heterocycles. The van der Waals surface area contributed by atoms with E-state index in [0.717, 1.165) is 11.3 Å². The molecule has 2 fully saturated rings. The predicted molar refractivity (Wildman–Crippen MR) is 123 cm³/mol. The number of nitrogens with zero attached hydrogens (tertiary/aromatic N) is 2. The normalized spacial score (nSPS) is 18.7. The number of aliphatic imine (C=N–C) groups is 1. The van der Waals surface area contributed by atoms with Gasteiger partial charge in [-0.05, 0) is 47.7 Å². The molecule has 32 heavy (non-hydrogen) atoms. The highest BCUT2D eigenvalue weighted by atomic mass is 32.2. The molecule has 0 atom stereocenters. The van der Waals surface area contributed by atoms with E-state index in [0.29, 0.717) is 47.9 Å². The Morgan fingerprint density at radius 3 is 2.72 bits per heavy atom. The molecule has 2 aliphatic heterocycles. The van der Waals surface area contributed by atoms with E-state index in [1.807, 2.05) is 36.4 Å². The third kappa shape index (κ3) is 5.49. The summed E-state index contributed by atoms with van der Waals surface area (Å²) in [5.41, 5.74) is 1.54. The number of hydrogen-bond acceptors (Lipinski definition) is 7. The van der Waals surface area contributed by atoms with E-state index in [1.165, 1.54) is 18.9 Å². The molecule has 2 aromatic carbocycles. The summed E-state index contributed by atoms with van der Waals surface area (Å²) in [6.07, 6.45) is 1.76. The number of nitrogens with one attached hydrogen (secondary N) is 1. The first-order chi connectivity index (χ1) is 15.6. The Bertz CT molecular complexity index is 1050. The maximum Gasteiger partial charge on any atom is 0.264 e. The first-order valence-corrected chi connectivity index (χ1v) is 10.9. The lowest BCUT2D eigenvalue weighted by Crippen LogP contribution is -2.43. The van der Waals surface area contributed by atoms with Crippen LogP contribution in [0.2, 0.25) is 0 Å². The number of benzene rings is 2. The van der Waals surface area contributed by atoms with Crippen molar-refractivity contribution >= 4 is 40.5 Å². The van der Waals surface area contributed by atoms with Crippen LogP contribution < -0.4 is 14.8 Å². The number of carbonyl (C=O) groups excluding carboxylic acids is 2. The van der Waals surface area contributed by atoms with E-state index in [4.69, 9.17) is 14.2 Å². The van der Waals surface area contributed by atoms with Crippen molar-refractivity contribution in [2.24, 2.45) is 4.99 Å². The fourth-order valence-corrected chi connectivity index (χ4v) is 4.03. The lowest BCUT2D eigenvalue weighted by atomic mass is 10.2. The van der Waals surface area contributed by atoms with E-state index in [9.17, 15) is 9.59 Å². The summed E-state index contributed by atoms with van der Waals surface area (Å²) in [4.78, 5) is 31.3. The second-order valence-corrected chi connectivity index (χ2v) is 8.04. The van der Waals surface area contributed by atoms with Crippen LogP contribution in [0.5, 0.6) is 11.5 Å². The van der Waals surface area contributed by atoms with Crippen molar-refractivity contribution in [3.8, 4) is 11.5 Å². The van der Waals surface area contributed by atoms with Gasteiger partial charge in [-0.25, -0.2) is 4.99 Å². The molecule has 0 spiro atoms. The number of para-hydroxylation sites is 1. The molecule has 2 heterocycles. The van der Waals surface area contributed by atoms with E-state index >= 15 is 0 Å². The molecule has 0 aromatic heterocycles. The molecule has 4 rings (SSSR count). The van der Waals surface area contributed by atoms with Crippen LogP contribution in [0.25, 0.3) is 6.08 Å². The van der Waals surface area contributed by atoms with E-state index in [2.05, 4.69) is 10.3 Å². The average molecular weight is 454 g/mol. The van der Waals surface area contributed by atoms with Crippen molar-refractivity contribution in [1.82, 2.24) is 10.2 Å². The van der Waals surface area contributed by atoms with Gasteiger partial charge in [0.05, 0.1) is 30.9 Å². The Morgan fingerprint density at radius 2 is 1.97 bits per heavy atom. The number of rotatable bonds is 6. The monoisotopic (exact) mass is 453 g/mol. The van der Waals surface area contributed by atoms with Gasteiger partial charge in [0.2, 0.25) is 0 Å². The first-order valence-electron chi connectivity index (χ1n) is 10.1. The maximum atomic E-state index is 12.3. The minimum absolute atomic E-state index is 0.0750. The molecule has 2 amide bonds. The Labute approximate surface area is 190 Å². The van der Waals surface area contributed by atoms with Crippen molar-refractivity contribution in [3.63, 3.8) is 0 Å². The highest BCUT2D eigenvalue weighted by Gasteiger charge is 2.24. The molecule has 1 N–H and O–H groups in total. The summed E-state index contributed by atoms with van der Waals surface area (Å²) >= 11 is 1.27. The van der Waals surface area contributed by atoms with Gasteiger partial charge in [0, 0.05) is 13.1 Å². The highest BCUT2D eigenvalue weighted by Crippen LogP contribution is 2.32. The van der Waals surface area contributed by atoms with Crippen LogP contribution in [0, 0.1) is 0 Å². The van der Waals surface area contributed by atoms with Gasteiger partial charge in [-0.3, -0.25) is 9.59 Å². The van der Waals surface area contributed by atoms with Crippen LogP contribution in [0.1, 0.15) is 5.56 Å². The number of ether oxygens (including phenoxy) is 3. The van der Waals surface area contributed by atoms with Gasteiger partial charge in [0.1, 0.15) is 0 Å². The second kappa shape index (κ2) is 10.3. The van der Waals surface area contributed by atoms with E-state index in [1.54, 1.807) is 23.1 Å². The van der Waals surface area contributed by atoms with Crippen LogP contribution in [-0.4, -0.2) is 61.9 Å². The van der Waals surface area contributed by atoms with Gasteiger partial charge >= 0.3 is 0 Å². The molecule has 8 nitrogen and oxygen atoms in total. The van der Waals surface area contributed by atoms with E-state index in [-0.39, 0.29) is 18.4 Å². The Morgan fingerprint density at radius 1 is 1.19 bits per heavy atom. The molecular formula is C23H23N3O5S. The Kier molecular flexibility index (Phi) is 7.08. The van der Waals surface area contributed by atoms with Crippen molar-refractivity contribution in [1.29, 1.82) is 0 Å². The van der Waals surface area contributed by atoms with Gasteiger partial charge in [0.25, 0.3) is 11.8 Å². The molecule has 0 saturated carbocycles. The van der Waals surface area contributed by atoms with Gasteiger partial charge in [-0.2, -0.15) is 0 Å². The predicted octanol–water partition coefficient (Wildman–Crippen LogP) is 2.82. The molecule has 0 aliphatic carbocycles. The summed E-state index contributed by atoms with van der Waals surface area (Å²) in [7, 11) is 1.53. The SMILES string of the molecule is COc1cc(/C=C2/SC(=Nc3ccccc3)NC2=O)ccc1OCC(=O)N1CCOCC1. The fraction of sp³-hybridized carbons (Fsp3) is 0.261. The number of hydrogen-bond donors (Lipinski definition) is 1. The van der Waals surface area contributed by atoms with Crippen molar-refractivity contribution in [2.45, 2.75) is 0 Å². The number of methoxy groups -OCH3 is 1. The fourth-order valence-electron chi connectivity index (χ4n) is 3.19. The summed E-state index contributed by atoms with van der Waals surface area (Å²) < 4.78 is 16.4. The molecule has 166 valence electrons. The van der Waals surface area contributed by atoms with E-state index < -0.39 is 0 Å². The molecule has 0 bridgehead atoms. The third-order valence-corrected chi connectivity index (χ3v) is 5.75. The van der Waals surface area contributed by atoms with Gasteiger partial charge < -0.3 is 24.4 Å². The molecule has 0 radical (unpaired) electrons. The zero-order chi connectivity index (χ0) is 22.3. The molecule has 2 aromatic rings. The largest absolute Gasteiger partial charge is 0.493 e. The van der Waals surface area contributed by atoms with Gasteiger partial charge in [-0.1, -0.05) is 24.3 Å². The Hall–Kier alpha value is -3.30. The molecule has 9 heteroatoms. The Balaban J connectivity index is 1.43. The second-order valence-electron chi connectivity index (χ2n) is 7.01.